The zero-order chi connectivity index (χ0) is 17.8. The molecule has 1 aromatic heterocycles. The van der Waals surface area contributed by atoms with Crippen molar-refractivity contribution < 1.29 is 9.72 Å². The van der Waals surface area contributed by atoms with Crippen LogP contribution >= 0.6 is 0 Å². The smallest absolute Gasteiger partial charge is 0.270 e. The van der Waals surface area contributed by atoms with Crippen LogP contribution in [0.15, 0.2) is 67.0 Å². The SMILES string of the molecule is CN(Cc1cnn(-c2ccccc2)c1)C(=O)c1cccc([N+](=O)[O-])c1. The number of aromatic nitrogens is 2. The zero-order valence-corrected chi connectivity index (χ0v) is 13.6. The number of para-hydroxylation sites is 1. The number of nitro benzene ring substituents is 1. The molecule has 3 rings (SSSR count). The molecule has 2 aromatic carbocycles. The van der Waals surface area contributed by atoms with E-state index in [-0.39, 0.29) is 17.2 Å². The summed E-state index contributed by atoms with van der Waals surface area (Å²) in [6.07, 6.45) is 3.55. The summed E-state index contributed by atoms with van der Waals surface area (Å²) in [7, 11) is 1.65. The Hall–Kier alpha value is -3.48. The van der Waals surface area contributed by atoms with Crippen molar-refractivity contribution in [2.75, 3.05) is 7.05 Å². The molecule has 0 saturated heterocycles. The lowest BCUT2D eigenvalue weighted by molar-refractivity contribution is -0.384. The Kier molecular flexibility index (Phi) is 4.56. The fourth-order valence-electron chi connectivity index (χ4n) is 2.48. The summed E-state index contributed by atoms with van der Waals surface area (Å²) in [6.45, 7) is 0.356. The summed E-state index contributed by atoms with van der Waals surface area (Å²) < 4.78 is 1.74. The molecule has 0 fully saturated rings. The predicted molar refractivity (Wildman–Crippen MR) is 92.5 cm³/mol. The van der Waals surface area contributed by atoms with Crippen molar-refractivity contribution in [1.82, 2.24) is 14.7 Å². The second kappa shape index (κ2) is 6.96. The second-order valence-corrected chi connectivity index (χ2v) is 5.60. The fourth-order valence-corrected chi connectivity index (χ4v) is 2.48. The molecule has 0 atom stereocenters. The molecule has 126 valence electrons. The van der Waals surface area contributed by atoms with E-state index >= 15 is 0 Å². The van der Waals surface area contributed by atoms with Crippen molar-refractivity contribution in [2.24, 2.45) is 0 Å². The monoisotopic (exact) mass is 336 g/mol. The largest absolute Gasteiger partial charge is 0.337 e. The lowest BCUT2D eigenvalue weighted by atomic mass is 10.1. The zero-order valence-electron chi connectivity index (χ0n) is 13.6. The van der Waals surface area contributed by atoms with Crippen molar-refractivity contribution in [3.05, 3.63) is 88.2 Å². The van der Waals surface area contributed by atoms with E-state index in [0.29, 0.717) is 6.54 Å². The first-order chi connectivity index (χ1) is 12.0. The number of non-ortho nitro benzene ring substituents is 1. The topological polar surface area (TPSA) is 81.3 Å². The molecule has 0 N–H and O–H groups in total. The van der Waals surface area contributed by atoms with E-state index in [1.54, 1.807) is 24.0 Å². The minimum atomic E-state index is -0.513. The average Bonchev–Trinajstić information content (AvgIpc) is 3.10. The summed E-state index contributed by atoms with van der Waals surface area (Å²) in [5.74, 6) is -0.281. The van der Waals surface area contributed by atoms with E-state index in [4.69, 9.17) is 0 Å². The van der Waals surface area contributed by atoms with E-state index in [0.717, 1.165) is 11.3 Å². The van der Waals surface area contributed by atoms with Gasteiger partial charge < -0.3 is 4.90 Å². The van der Waals surface area contributed by atoms with Gasteiger partial charge in [-0.1, -0.05) is 24.3 Å². The molecule has 0 spiro atoms. The maximum absolute atomic E-state index is 12.5. The van der Waals surface area contributed by atoms with Crippen LogP contribution in [0.1, 0.15) is 15.9 Å². The number of benzene rings is 2. The van der Waals surface area contributed by atoms with Gasteiger partial charge in [-0.25, -0.2) is 4.68 Å². The van der Waals surface area contributed by atoms with Crippen LogP contribution in [0.5, 0.6) is 0 Å². The molecular weight excluding hydrogens is 320 g/mol. The summed E-state index contributed by atoms with van der Waals surface area (Å²) in [5, 5.41) is 15.1. The molecule has 1 heterocycles. The van der Waals surface area contributed by atoms with Crippen LogP contribution in [-0.2, 0) is 6.54 Å². The standard InChI is InChI=1S/C18H16N4O3/c1-20(18(23)15-6-5-9-17(10-15)22(24)25)12-14-11-19-21(13-14)16-7-3-2-4-8-16/h2-11,13H,12H2,1H3. The molecule has 3 aromatic rings. The van der Waals surface area contributed by atoms with Gasteiger partial charge in [0.25, 0.3) is 11.6 Å². The highest BCUT2D eigenvalue weighted by Crippen LogP contribution is 2.16. The number of amides is 1. The molecule has 0 aliphatic heterocycles. The molecular formula is C18H16N4O3. The van der Waals surface area contributed by atoms with Gasteiger partial charge in [0.1, 0.15) is 0 Å². The number of hydrogen-bond acceptors (Lipinski definition) is 4. The summed E-state index contributed by atoms with van der Waals surface area (Å²) in [5.41, 5.74) is 1.98. The molecule has 0 bridgehead atoms. The summed E-state index contributed by atoms with van der Waals surface area (Å²) in [6, 6.07) is 15.4. The van der Waals surface area contributed by atoms with Crippen LogP contribution in [0, 0.1) is 10.1 Å². The normalized spacial score (nSPS) is 10.4. The van der Waals surface area contributed by atoms with Crippen molar-refractivity contribution >= 4 is 11.6 Å². The van der Waals surface area contributed by atoms with Gasteiger partial charge in [-0.3, -0.25) is 14.9 Å². The quantitative estimate of drug-likeness (QED) is 0.530. The number of nitrogens with zero attached hydrogens (tertiary/aromatic N) is 4. The van der Waals surface area contributed by atoms with E-state index in [1.165, 1.54) is 23.1 Å². The van der Waals surface area contributed by atoms with Crippen LogP contribution in [0.4, 0.5) is 5.69 Å². The first-order valence-corrected chi connectivity index (χ1v) is 7.63. The summed E-state index contributed by atoms with van der Waals surface area (Å²) in [4.78, 5) is 24.3. The molecule has 0 saturated carbocycles. The minimum absolute atomic E-state index is 0.101. The fraction of sp³-hybridized carbons (Fsp3) is 0.111. The second-order valence-electron chi connectivity index (χ2n) is 5.60. The van der Waals surface area contributed by atoms with Crippen LogP contribution in [0.25, 0.3) is 5.69 Å². The molecule has 0 aliphatic rings. The third kappa shape index (κ3) is 3.72. The van der Waals surface area contributed by atoms with Crippen molar-refractivity contribution in [3.63, 3.8) is 0 Å². The van der Waals surface area contributed by atoms with Crippen LogP contribution in [0.2, 0.25) is 0 Å². The number of hydrogen-bond donors (Lipinski definition) is 0. The van der Waals surface area contributed by atoms with E-state index in [2.05, 4.69) is 5.10 Å². The molecule has 0 unspecified atom stereocenters. The molecule has 0 radical (unpaired) electrons. The van der Waals surface area contributed by atoms with Crippen molar-refractivity contribution in [1.29, 1.82) is 0 Å². The molecule has 7 heteroatoms. The maximum Gasteiger partial charge on any atom is 0.270 e. The molecule has 7 nitrogen and oxygen atoms in total. The van der Waals surface area contributed by atoms with Gasteiger partial charge in [-0.2, -0.15) is 5.10 Å². The van der Waals surface area contributed by atoms with Gasteiger partial charge in [-0.15, -0.1) is 0 Å². The highest BCUT2D eigenvalue weighted by molar-refractivity contribution is 5.94. The first kappa shape index (κ1) is 16.4. The number of carbonyl (C=O) groups is 1. The van der Waals surface area contributed by atoms with Gasteiger partial charge in [0.05, 0.1) is 16.8 Å². The Balaban J connectivity index is 1.73. The molecule has 25 heavy (non-hydrogen) atoms. The van der Waals surface area contributed by atoms with Crippen molar-refractivity contribution in [2.45, 2.75) is 6.54 Å². The minimum Gasteiger partial charge on any atom is -0.337 e. The van der Waals surface area contributed by atoms with E-state index < -0.39 is 4.92 Å². The Morgan fingerprint density at radius 2 is 1.96 bits per heavy atom. The average molecular weight is 336 g/mol. The van der Waals surface area contributed by atoms with Gasteiger partial charge in [0, 0.05) is 43.0 Å². The number of carbonyl (C=O) groups excluding carboxylic acids is 1. The molecule has 1 amide bonds. The Morgan fingerprint density at radius 3 is 2.68 bits per heavy atom. The maximum atomic E-state index is 12.5. The van der Waals surface area contributed by atoms with Crippen LogP contribution in [-0.4, -0.2) is 32.6 Å². The van der Waals surface area contributed by atoms with Crippen LogP contribution in [0.3, 0.4) is 0 Å². The van der Waals surface area contributed by atoms with Crippen molar-refractivity contribution in [3.8, 4) is 5.69 Å². The van der Waals surface area contributed by atoms with Gasteiger partial charge >= 0.3 is 0 Å². The van der Waals surface area contributed by atoms with Gasteiger partial charge in [0.15, 0.2) is 0 Å². The Bertz CT molecular complexity index is 905. The number of rotatable bonds is 5. The van der Waals surface area contributed by atoms with Crippen LogP contribution < -0.4 is 0 Å². The summed E-state index contributed by atoms with van der Waals surface area (Å²) >= 11 is 0. The number of nitro groups is 1. The van der Waals surface area contributed by atoms with E-state index in [9.17, 15) is 14.9 Å². The van der Waals surface area contributed by atoms with Gasteiger partial charge in [-0.05, 0) is 18.2 Å². The lowest BCUT2D eigenvalue weighted by Crippen LogP contribution is -2.26. The third-order valence-corrected chi connectivity index (χ3v) is 3.73. The Labute approximate surface area is 144 Å². The molecule has 0 aliphatic carbocycles. The lowest BCUT2D eigenvalue weighted by Gasteiger charge is -2.16. The highest BCUT2D eigenvalue weighted by Gasteiger charge is 2.16. The first-order valence-electron chi connectivity index (χ1n) is 7.63. The van der Waals surface area contributed by atoms with E-state index in [1.807, 2.05) is 36.5 Å². The third-order valence-electron chi connectivity index (χ3n) is 3.73. The Morgan fingerprint density at radius 1 is 1.20 bits per heavy atom. The highest BCUT2D eigenvalue weighted by atomic mass is 16.6. The van der Waals surface area contributed by atoms with Gasteiger partial charge in [0.2, 0.25) is 0 Å². The predicted octanol–water partition coefficient (Wildman–Crippen LogP) is 3.05.